The Kier molecular flexibility index (Phi) is 6.50. The Morgan fingerprint density at radius 1 is 1.44 bits per heavy atom. The second kappa shape index (κ2) is 7.64. The standard InChI is InChI=1S/C13H17BrClNO2/c1-3-7-16(8-6-15)13(17)11-5-4-10(14)9-12(11)18-2/h4-5,9H,3,6-8H2,1-2H3. The summed E-state index contributed by atoms with van der Waals surface area (Å²) < 4.78 is 6.13. The zero-order valence-electron chi connectivity index (χ0n) is 10.6. The molecule has 5 heteroatoms. The lowest BCUT2D eigenvalue weighted by Gasteiger charge is -2.22. The number of hydrogen-bond donors (Lipinski definition) is 0. The van der Waals surface area contributed by atoms with Crippen LogP contribution in [0.2, 0.25) is 0 Å². The number of amides is 1. The van der Waals surface area contributed by atoms with Crippen molar-refractivity contribution in [3.63, 3.8) is 0 Å². The molecule has 0 N–H and O–H groups in total. The van der Waals surface area contributed by atoms with E-state index in [0.717, 1.165) is 10.9 Å². The van der Waals surface area contributed by atoms with E-state index in [1.165, 1.54) is 0 Å². The molecule has 100 valence electrons. The van der Waals surface area contributed by atoms with Crippen LogP contribution in [0.25, 0.3) is 0 Å². The first-order valence-corrected chi connectivity index (χ1v) is 7.15. The molecule has 18 heavy (non-hydrogen) atoms. The van der Waals surface area contributed by atoms with Crippen molar-refractivity contribution >= 4 is 33.4 Å². The molecular weight excluding hydrogens is 318 g/mol. The van der Waals surface area contributed by atoms with Crippen LogP contribution < -0.4 is 4.74 Å². The monoisotopic (exact) mass is 333 g/mol. The SMILES string of the molecule is CCCN(CCCl)C(=O)c1ccc(Br)cc1OC. The lowest BCUT2D eigenvalue weighted by molar-refractivity contribution is 0.0762. The Hall–Kier alpha value is -0.740. The summed E-state index contributed by atoms with van der Waals surface area (Å²) in [6.07, 6.45) is 0.904. The average molecular weight is 335 g/mol. The first-order valence-electron chi connectivity index (χ1n) is 5.82. The lowest BCUT2D eigenvalue weighted by Crippen LogP contribution is -2.33. The largest absolute Gasteiger partial charge is 0.496 e. The van der Waals surface area contributed by atoms with Gasteiger partial charge in [-0.2, -0.15) is 0 Å². The van der Waals surface area contributed by atoms with Crippen LogP contribution in [0.1, 0.15) is 23.7 Å². The van der Waals surface area contributed by atoms with Gasteiger partial charge in [0.05, 0.1) is 12.7 Å². The smallest absolute Gasteiger partial charge is 0.257 e. The Bertz CT molecular complexity index is 406. The number of benzene rings is 1. The summed E-state index contributed by atoms with van der Waals surface area (Å²) in [6, 6.07) is 5.39. The number of methoxy groups -OCH3 is 1. The van der Waals surface area contributed by atoms with E-state index >= 15 is 0 Å². The molecule has 0 atom stereocenters. The molecule has 0 saturated carbocycles. The summed E-state index contributed by atoms with van der Waals surface area (Å²) in [7, 11) is 1.56. The molecule has 0 fully saturated rings. The third-order valence-corrected chi connectivity index (χ3v) is 3.19. The molecule has 1 aromatic carbocycles. The highest BCUT2D eigenvalue weighted by Crippen LogP contribution is 2.24. The van der Waals surface area contributed by atoms with Gasteiger partial charge in [0.2, 0.25) is 0 Å². The highest BCUT2D eigenvalue weighted by atomic mass is 79.9. The third kappa shape index (κ3) is 3.89. The van der Waals surface area contributed by atoms with Gasteiger partial charge in [-0.05, 0) is 24.6 Å². The van der Waals surface area contributed by atoms with E-state index in [0.29, 0.717) is 30.3 Å². The average Bonchev–Trinajstić information content (AvgIpc) is 2.37. The van der Waals surface area contributed by atoms with Gasteiger partial charge in [-0.25, -0.2) is 0 Å². The summed E-state index contributed by atoms with van der Waals surface area (Å²) >= 11 is 9.09. The van der Waals surface area contributed by atoms with Crippen LogP contribution in [0.15, 0.2) is 22.7 Å². The molecule has 3 nitrogen and oxygen atoms in total. The van der Waals surface area contributed by atoms with Gasteiger partial charge in [0.25, 0.3) is 5.91 Å². The number of nitrogens with zero attached hydrogens (tertiary/aromatic N) is 1. The molecule has 1 rings (SSSR count). The highest BCUT2D eigenvalue weighted by molar-refractivity contribution is 9.10. The van der Waals surface area contributed by atoms with Gasteiger partial charge in [0, 0.05) is 23.4 Å². The number of rotatable bonds is 6. The number of carbonyl (C=O) groups excluding carboxylic acids is 1. The van der Waals surface area contributed by atoms with Crippen LogP contribution in [0.4, 0.5) is 0 Å². The van der Waals surface area contributed by atoms with Crippen LogP contribution in [0, 0.1) is 0 Å². The van der Waals surface area contributed by atoms with Crippen molar-refractivity contribution < 1.29 is 9.53 Å². The molecule has 0 aromatic heterocycles. The second-order valence-corrected chi connectivity index (χ2v) is 5.12. The van der Waals surface area contributed by atoms with E-state index in [9.17, 15) is 4.79 Å². The minimum Gasteiger partial charge on any atom is -0.496 e. The predicted octanol–water partition coefficient (Wildman–Crippen LogP) is 3.55. The molecule has 1 amide bonds. The fraction of sp³-hybridized carbons (Fsp3) is 0.462. The Morgan fingerprint density at radius 3 is 2.72 bits per heavy atom. The number of halogens is 2. The predicted molar refractivity (Wildman–Crippen MR) is 77.6 cm³/mol. The first-order chi connectivity index (χ1) is 8.63. The Labute approximate surface area is 121 Å². The summed E-state index contributed by atoms with van der Waals surface area (Å²) in [6.45, 7) is 3.28. The van der Waals surface area contributed by atoms with Crippen molar-refractivity contribution in [3.05, 3.63) is 28.2 Å². The van der Waals surface area contributed by atoms with Gasteiger partial charge >= 0.3 is 0 Å². The second-order valence-electron chi connectivity index (χ2n) is 3.83. The van der Waals surface area contributed by atoms with Gasteiger partial charge in [0.1, 0.15) is 5.75 Å². The van der Waals surface area contributed by atoms with E-state index in [2.05, 4.69) is 15.9 Å². The molecule has 0 spiro atoms. The molecule has 0 saturated heterocycles. The molecule has 0 unspecified atom stereocenters. The van der Waals surface area contributed by atoms with E-state index in [1.54, 1.807) is 24.1 Å². The van der Waals surface area contributed by atoms with Crippen molar-refractivity contribution in [2.75, 3.05) is 26.1 Å². The van der Waals surface area contributed by atoms with Gasteiger partial charge < -0.3 is 9.64 Å². The molecule has 0 aliphatic rings. The fourth-order valence-corrected chi connectivity index (χ4v) is 2.24. The topological polar surface area (TPSA) is 29.5 Å². The van der Waals surface area contributed by atoms with Crippen molar-refractivity contribution in [1.82, 2.24) is 4.90 Å². The van der Waals surface area contributed by atoms with Gasteiger partial charge in [-0.15, -0.1) is 11.6 Å². The zero-order valence-corrected chi connectivity index (χ0v) is 12.9. The van der Waals surface area contributed by atoms with Crippen molar-refractivity contribution in [3.8, 4) is 5.75 Å². The van der Waals surface area contributed by atoms with Crippen molar-refractivity contribution in [1.29, 1.82) is 0 Å². The van der Waals surface area contributed by atoms with Crippen LogP contribution in [0.3, 0.4) is 0 Å². The third-order valence-electron chi connectivity index (χ3n) is 2.53. The first kappa shape index (κ1) is 15.3. The van der Waals surface area contributed by atoms with Crippen LogP contribution in [-0.2, 0) is 0 Å². The minimum absolute atomic E-state index is 0.0400. The molecule has 0 radical (unpaired) electrons. The van der Waals surface area contributed by atoms with Crippen LogP contribution in [0.5, 0.6) is 5.75 Å². The molecule has 0 heterocycles. The molecule has 0 aliphatic carbocycles. The highest BCUT2D eigenvalue weighted by Gasteiger charge is 2.18. The summed E-state index contributed by atoms with van der Waals surface area (Å²) in [4.78, 5) is 14.1. The summed E-state index contributed by atoms with van der Waals surface area (Å²) in [5.41, 5.74) is 0.569. The van der Waals surface area contributed by atoms with Crippen LogP contribution >= 0.6 is 27.5 Å². The number of alkyl halides is 1. The summed E-state index contributed by atoms with van der Waals surface area (Å²) in [5.74, 6) is 0.969. The number of ether oxygens (including phenoxy) is 1. The molecule has 0 aliphatic heterocycles. The molecule has 0 bridgehead atoms. The Balaban J connectivity index is 3.00. The molecular formula is C13H17BrClNO2. The quantitative estimate of drug-likeness (QED) is 0.745. The number of hydrogen-bond acceptors (Lipinski definition) is 2. The van der Waals surface area contributed by atoms with E-state index in [4.69, 9.17) is 16.3 Å². The normalized spacial score (nSPS) is 10.2. The van der Waals surface area contributed by atoms with E-state index in [1.807, 2.05) is 13.0 Å². The fourth-order valence-electron chi connectivity index (χ4n) is 1.70. The minimum atomic E-state index is -0.0400. The lowest BCUT2D eigenvalue weighted by atomic mass is 10.1. The Morgan fingerprint density at radius 2 is 2.17 bits per heavy atom. The van der Waals surface area contributed by atoms with Crippen molar-refractivity contribution in [2.24, 2.45) is 0 Å². The maximum atomic E-state index is 12.4. The zero-order chi connectivity index (χ0) is 13.5. The maximum absolute atomic E-state index is 12.4. The number of carbonyl (C=O) groups is 1. The summed E-state index contributed by atoms with van der Waals surface area (Å²) in [5, 5.41) is 0. The molecule has 1 aromatic rings. The van der Waals surface area contributed by atoms with Gasteiger partial charge in [-0.1, -0.05) is 22.9 Å². The maximum Gasteiger partial charge on any atom is 0.257 e. The van der Waals surface area contributed by atoms with E-state index in [-0.39, 0.29) is 5.91 Å². The van der Waals surface area contributed by atoms with E-state index < -0.39 is 0 Å². The van der Waals surface area contributed by atoms with Gasteiger partial charge in [0.15, 0.2) is 0 Å². The van der Waals surface area contributed by atoms with Crippen LogP contribution in [-0.4, -0.2) is 36.9 Å². The van der Waals surface area contributed by atoms with Crippen molar-refractivity contribution in [2.45, 2.75) is 13.3 Å². The van der Waals surface area contributed by atoms with Gasteiger partial charge in [-0.3, -0.25) is 4.79 Å².